The Morgan fingerprint density at radius 2 is 2.43 bits per heavy atom. The van der Waals surface area contributed by atoms with Crippen molar-refractivity contribution in [2.75, 3.05) is 0 Å². The zero-order valence-corrected chi connectivity index (χ0v) is 5.46. The largest absolute Gasteiger partial charge is 0.225 e. The first-order chi connectivity index (χ1) is 3.31. The van der Waals surface area contributed by atoms with Crippen LogP contribution in [0.4, 0.5) is 0 Å². The average molecular weight is 113 g/mol. The van der Waals surface area contributed by atoms with Crippen LogP contribution in [0.1, 0.15) is 6.92 Å². The molecule has 0 fully saturated rings. The topological polar surface area (TPSA) is 23.8 Å². The lowest BCUT2D eigenvalue weighted by Crippen LogP contribution is -1.94. The van der Waals surface area contributed by atoms with Crippen molar-refractivity contribution < 1.29 is 0 Å². The van der Waals surface area contributed by atoms with Gasteiger partial charge in [-0.3, -0.25) is 0 Å². The molecule has 0 aromatic carbocycles. The van der Waals surface area contributed by atoms with Gasteiger partial charge in [0.15, 0.2) is 0 Å². The zero-order chi connectivity index (χ0) is 5.70. The van der Waals surface area contributed by atoms with E-state index >= 15 is 0 Å². The monoisotopic (exact) mass is 113 g/mol. The van der Waals surface area contributed by atoms with Gasteiger partial charge >= 0.3 is 0 Å². The molecule has 0 atom stereocenters. The highest BCUT2D eigenvalue weighted by molar-refractivity contribution is 8.28. The Bertz CT molecular complexity index is 78.2. The normalized spacial score (nSPS) is 7.57. The molecule has 0 saturated carbocycles. The molecule has 0 saturated heterocycles. The number of hydrogen-bond donors (Lipinski definition) is 0. The standard InChI is InChI=1S/C4H8BNS/c1-3-5(2)7-4-6/h3H2,1-2H3. The number of hydrogen-bond acceptors (Lipinski definition) is 2. The lowest BCUT2D eigenvalue weighted by Gasteiger charge is -1.90. The van der Waals surface area contributed by atoms with Crippen molar-refractivity contribution in [2.45, 2.75) is 20.1 Å². The minimum absolute atomic E-state index is 0.505. The van der Waals surface area contributed by atoms with E-state index in [0.29, 0.717) is 5.99 Å². The van der Waals surface area contributed by atoms with Crippen molar-refractivity contribution in [3.05, 3.63) is 0 Å². The molecule has 0 unspecified atom stereocenters. The maximum atomic E-state index is 8.08. The van der Waals surface area contributed by atoms with Crippen LogP contribution in [0, 0.1) is 10.7 Å². The quantitative estimate of drug-likeness (QED) is 0.403. The van der Waals surface area contributed by atoms with Gasteiger partial charge < -0.3 is 0 Å². The average Bonchev–Trinajstić information content (AvgIpc) is 1.68. The second-order valence-electron chi connectivity index (χ2n) is 1.43. The Balaban J connectivity index is 3.03. The van der Waals surface area contributed by atoms with Crippen LogP contribution in [0.5, 0.6) is 0 Å². The predicted molar refractivity (Wildman–Crippen MR) is 35.3 cm³/mol. The molecule has 0 rings (SSSR count). The molecule has 3 heteroatoms. The van der Waals surface area contributed by atoms with E-state index in [9.17, 15) is 0 Å². The Hall–Kier alpha value is -0.0951. The smallest absolute Gasteiger partial charge is 0.186 e. The van der Waals surface area contributed by atoms with E-state index in [1.807, 2.05) is 12.2 Å². The summed E-state index contributed by atoms with van der Waals surface area (Å²) in [6.45, 7) is 4.13. The second kappa shape index (κ2) is 4.07. The second-order valence-corrected chi connectivity index (χ2v) is 2.65. The Labute approximate surface area is 49.1 Å². The van der Waals surface area contributed by atoms with Gasteiger partial charge in [-0.1, -0.05) is 31.7 Å². The summed E-state index contributed by atoms with van der Waals surface area (Å²) < 4.78 is 0. The lowest BCUT2D eigenvalue weighted by atomic mass is 9.77. The molecular formula is C4H8BNS. The van der Waals surface area contributed by atoms with Gasteiger partial charge in [0.2, 0.25) is 5.99 Å². The molecule has 0 spiro atoms. The van der Waals surface area contributed by atoms with Crippen molar-refractivity contribution in [2.24, 2.45) is 0 Å². The summed E-state index contributed by atoms with van der Waals surface area (Å²) in [5.74, 6) is 0.505. The van der Waals surface area contributed by atoms with E-state index in [0.717, 1.165) is 6.32 Å². The van der Waals surface area contributed by atoms with E-state index in [4.69, 9.17) is 5.26 Å². The molecule has 0 aliphatic carbocycles. The molecule has 0 aliphatic heterocycles. The summed E-state index contributed by atoms with van der Waals surface area (Å²) in [6, 6.07) is 0. The van der Waals surface area contributed by atoms with Crippen LogP contribution in [0.25, 0.3) is 0 Å². The maximum Gasteiger partial charge on any atom is 0.225 e. The minimum atomic E-state index is 0.505. The lowest BCUT2D eigenvalue weighted by molar-refractivity contribution is 1.45. The van der Waals surface area contributed by atoms with Crippen LogP contribution >= 0.6 is 11.6 Å². The first-order valence-corrected chi connectivity index (χ1v) is 3.24. The van der Waals surface area contributed by atoms with Gasteiger partial charge in [-0.05, 0) is 0 Å². The molecule has 0 aromatic rings. The fourth-order valence-electron chi connectivity index (χ4n) is 0.173. The number of nitrogens with zero attached hydrogens (tertiary/aromatic N) is 1. The molecule has 7 heavy (non-hydrogen) atoms. The van der Waals surface area contributed by atoms with Crippen molar-refractivity contribution in [3.8, 4) is 5.40 Å². The van der Waals surface area contributed by atoms with Gasteiger partial charge in [0, 0.05) is 0 Å². The fraction of sp³-hybridized carbons (Fsp3) is 0.750. The van der Waals surface area contributed by atoms with Gasteiger partial charge in [-0.15, -0.1) is 0 Å². The van der Waals surface area contributed by atoms with Gasteiger partial charge in [0.25, 0.3) is 0 Å². The molecule has 0 heterocycles. The first-order valence-electron chi connectivity index (χ1n) is 2.36. The third-order valence-electron chi connectivity index (χ3n) is 0.829. The molecule has 0 bridgehead atoms. The van der Waals surface area contributed by atoms with Crippen molar-refractivity contribution in [1.29, 1.82) is 5.26 Å². The highest BCUT2D eigenvalue weighted by Crippen LogP contribution is 2.06. The van der Waals surface area contributed by atoms with Gasteiger partial charge in [-0.25, -0.2) is 0 Å². The van der Waals surface area contributed by atoms with Crippen LogP contribution in [0.3, 0.4) is 0 Å². The molecule has 0 aromatic heterocycles. The predicted octanol–water partition coefficient (Wildman–Crippen LogP) is 1.84. The number of thiocyanates is 1. The molecule has 0 radical (unpaired) electrons. The van der Waals surface area contributed by atoms with Crippen molar-refractivity contribution in [1.82, 2.24) is 0 Å². The number of rotatable bonds is 2. The highest BCUT2D eigenvalue weighted by atomic mass is 32.2. The van der Waals surface area contributed by atoms with Crippen LogP contribution in [-0.2, 0) is 0 Å². The van der Waals surface area contributed by atoms with E-state index in [-0.39, 0.29) is 0 Å². The Kier molecular flexibility index (Phi) is 4.02. The SMILES string of the molecule is CCB(C)SC#N. The highest BCUT2D eigenvalue weighted by Gasteiger charge is 2.00. The van der Waals surface area contributed by atoms with Crippen molar-refractivity contribution in [3.63, 3.8) is 0 Å². The van der Waals surface area contributed by atoms with E-state index in [2.05, 4.69) is 6.92 Å². The van der Waals surface area contributed by atoms with E-state index in [1.165, 1.54) is 11.6 Å². The molecule has 0 amide bonds. The molecular weight excluding hydrogens is 105 g/mol. The van der Waals surface area contributed by atoms with Gasteiger partial charge in [0.05, 0.1) is 0 Å². The summed E-state index contributed by atoms with van der Waals surface area (Å²) in [4.78, 5) is 0. The van der Waals surface area contributed by atoms with E-state index in [1.54, 1.807) is 0 Å². The third-order valence-corrected chi connectivity index (χ3v) is 1.67. The van der Waals surface area contributed by atoms with Crippen molar-refractivity contribution >= 4 is 17.6 Å². The Morgan fingerprint density at radius 1 is 1.86 bits per heavy atom. The van der Waals surface area contributed by atoms with Gasteiger partial charge in [-0.2, -0.15) is 5.26 Å². The van der Waals surface area contributed by atoms with Crippen LogP contribution < -0.4 is 0 Å². The molecule has 38 valence electrons. The summed E-state index contributed by atoms with van der Waals surface area (Å²) >= 11 is 1.34. The molecule has 1 nitrogen and oxygen atoms in total. The molecule has 0 aliphatic rings. The third kappa shape index (κ3) is 3.74. The summed E-state index contributed by atoms with van der Waals surface area (Å²) in [7, 11) is 0. The summed E-state index contributed by atoms with van der Waals surface area (Å²) in [6.07, 6.45) is 1.08. The maximum absolute atomic E-state index is 8.08. The first kappa shape index (κ1) is 6.90. The van der Waals surface area contributed by atoms with Crippen LogP contribution in [0.2, 0.25) is 13.1 Å². The van der Waals surface area contributed by atoms with Crippen LogP contribution in [0.15, 0.2) is 0 Å². The number of nitriles is 1. The zero-order valence-electron chi connectivity index (χ0n) is 4.64. The minimum Gasteiger partial charge on any atom is -0.186 e. The summed E-state index contributed by atoms with van der Waals surface area (Å²) in [5.41, 5.74) is 0. The van der Waals surface area contributed by atoms with Crippen LogP contribution in [-0.4, -0.2) is 5.99 Å². The van der Waals surface area contributed by atoms with E-state index < -0.39 is 0 Å². The fourth-order valence-corrected chi connectivity index (χ4v) is 0.520. The van der Waals surface area contributed by atoms with Gasteiger partial charge in [0.1, 0.15) is 5.40 Å². The summed E-state index contributed by atoms with van der Waals surface area (Å²) in [5, 5.41) is 10.1. The Morgan fingerprint density at radius 3 is 2.57 bits per heavy atom. The molecule has 0 N–H and O–H groups in total.